The lowest BCUT2D eigenvalue weighted by molar-refractivity contribution is 0.376. The van der Waals surface area contributed by atoms with Gasteiger partial charge in [0.25, 0.3) is 0 Å². The van der Waals surface area contributed by atoms with Crippen molar-refractivity contribution in [2.24, 2.45) is 5.73 Å². The molecule has 0 saturated heterocycles. The topological polar surface area (TPSA) is 83.6 Å². The van der Waals surface area contributed by atoms with Gasteiger partial charge in [0.2, 0.25) is 0 Å². The molecule has 0 aromatic heterocycles. The minimum absolute atomic E-state index is 0.151. The summed E-state index contributed by atoms with van der Waals surface area (Å²) in [6.07, 6.45) is 1.44. The fourth-order valence-corrected chi connectivity index (χ4v) is 1.58. The summed E-state index contributed by atoms with van der Waals surface area (Å²) in [6.45, 7) is 3.41. The van der Waals surface area contributed by atoms with Crippen LogP contribution >= 0.6 is 7.60 Å². The largest absolute Gasteiger partial charge is 0.329 e. The summed E-state index contributed by atoms with van der Waals surface area (Å²) in [6, 6.07) is -0.151. The van der Waals surface area contributed by atoms with Crippen LogP contribution in [0, 0.1) is 0 Å². The van der Waals surface area contributed by atoms with Crippen LogP contribution in [0.1, 0.15) is 13.8 Å². The van der Waals surface area contributed by atoms with Gasteiger partial charge in [0.15, 0.2) is 0 Å². The molecule has 4 nitrogen and oxygen atoms in total. The van der Waals surface area contributed by atoms with E-state index in [4.69, 9.17) is 15.5 Å². The van der Waals surface area contributed by atoms with E-state index in [-0.39, 0.29) is 12.2 Å². The Bertz CT molecular complexity index is 194. The fourth-order valence-electron chi connectivity index (χ4n) is 0.826. The van der Waals surface area contributed by atoms with Crippen molar-refractivity contribution in [1.82, 2.24) is 0 Å². The first-order valence-corrected chi connectivity index (χ1v) is 5.08. The van der Waals surface area contributed by atoms with E-state index in [1.165, 1.54) is 0 Å². The van der Waals surface area contributed by atoms with Crippen LogP contribution in [0.15, 0.2) is 11.6 Å². The van der Waals surface area contributed by atoms with E-state index in [2.05, 4.69) is 0 Å². The summed E-state index contributed by atoms with van der Waals surface area (Å²) in [5, 5.41) is 0. The van der Waals surface area contributed by atoms with Crippen LogP contribution < -0.4 is 5.73 Å². The maximum Gasteiger partial charge on any atom is 0.329 e. The molecule has 0 aromatic carbocycles. The van der Waals surface area contributed by atoms with Crippen molar-refractivity contribution in [1.29, 1.82) is 0 Å². The molecule has 0 saturated carbocycles. The van der Waals surface area contributed by atoms with Gasteiger partial charge in [-0.25, -0.2) is 0 Å². The average molecular weight is 179 g/mol. The molecular weight excluding hydrogens is 165 g/mol. The van der Waals surface area contributed by atoms with Crippen LogP contribution in [-0.4, -0.2) is 22.0 Å². The molecule has 0 aliphatic heterocycles. The van der Waals surface area contributed by atoms with Crippen LogP contribution in [0.2, 0.25) is 0 Å². The molecule has 0 rings (SSSR count). The second kappa shape index (κ2) is 4.02. The van der Waals surface area contributed by atoms with Crippen LogP contribution in [0.3, 0.4) is 0 Å². The third kappa shape index (κ3) is 7.75. The Morgan fingerprint density at radius 3 is 2.45 bits per heavy atom. The van der Waals surface area contributed by atoms with E-state index in [0.29, 0.717) is 5.57 Å². The highest BCUT2D eigenvalue weighted by molar-refractivity contribution is 7.52. The Morgan fingerprint density at radius 1 is 1.73 bits per heavy atom. The molecule has 4 N–H and O–H groups in total. The first-order valence-electron chi connectivity index (χ1n) is 3.29. The van der Waals surface area contributed by atoms with Gasteiger partial charge in [0.1, 0.15) is 0 Å². The lowest BCUT2D eigenvalue weighted by Gasteiger charge is -2.04. The molecule has 66 valence electrons. The van der Waals surface area contributed by atoms with Crippen LogP contribution in [0.25, 0.3) is 0 Å². The summed E-state index contributed by atoms with van der Waals surface area (Å²) in [7, 11) is -3.90. The van der Waals surface area contributed by atoms with Crippen molar-refractivity contribution >= 4 is 7.60 Å². The fraction of sp³-hybridized carbons (Fsp3) is 0.667. The predicted molar refractivity (Wildman–Crippen MR) is 44.3 cm³/mol. The van der Waals surface area contributed by atoms with E-state index < -0.39 is 7.60 Å². The van der Waals surface area contributed by atoms with Gasteiger partial charge >= 0.3 is 7.60 Å². The highest BCUT2D eigenvalue weighted by Crippen LogP contribution is 2.36. The second-order valence-corrected chi connectivity index (χ2v) is 4.34. The Morgan fingerprint density at radius 2 is 2.18 bits per heavy atom. The van der Waals surface area contributed by atoms with Gasteiger partial charge in [-0.05, 0) is 13.8 Å². The van der Waals surface area contributed by atoms with E-state index in [0.717, 1.165) is 0 Å². The minimum Gasteiger partial charge on any atom is -0.325 e. The van der Waals surface area contributed by atoms with Crippen molar-refractivity contribution in [2.75, 3.05) is 6.16 Å². The third-order valence-corrected chi connectivity index (χ3v) is 1.91. The second-order valence-electron chi connectivity index (χ2n) is 2.69. The summed E-state index contributed by atoms with van der Waals surface area (Å²) in [4.78, 5) is 17.1. The van der Waals surface area contributed by atoms with Crippen molar-refractivity contribution in [2.45, 2.75) is 19.9 Å². The number of hydrogen-bond acceptors (Lipinski definition) is 2. The maximum absolute atomic E-state index is 10.4. The maximum atomic E-state index is 10.4. The summed E-state index contributed by atoms with van der Waals surface area (Å²) in [5.74, 6) is 0. The molecule has 0 amide bonds. The van der Waals surface area contributed by atoms with Crippen LogP contribution in [-0.2, 0) is 4.57 Å². The van der Waals surface area contributed by atoms with E-state index >= 15 is 0 Å². The molecule has 0 radical (unpaired) electrons. The summed E-state index contributed by atoms with van der Waals surface area (Å²) in [5.41, 5.74) is 6.02. The highest BCUT2D eigenvalue weighted by Gasteiger charge is 2.12. The molecule has 0 fully saturated rings. The molecule has 1 atom stereocenters. The van der Waals surface area contributed by atoms with E-state index in [1.807, 2.05) is 0 Å². The number of nitrogens with two attached hydrogens (primary N) is 1. The molecule has 0 unspecified atom stereocenters. The smallest absolute Gasteiger partial charge is 0.325 e. The Kier molecular flexibility index (Phi) is 3.97. The molecule has 0 aliphatic carbocycles. The summed E-state index contributed by atoms with van der Waals surface area (Å²) < 4.78 is 10.4. The quantitative estimate of drug-likeness (QED) is 0.434. The van der Waals surface area contributed by atoms with Gasteiger partial charge in [-0.3, -0.25) is 4.57 Å². The lowest BCUT2D eigenvalue weighted by Crippen LogP contribution is -2.11. The number of allylic oxidation sites excluding steroid dienone is 1. The number of hydrogen-bond donors (Lipinski definition) is 3. The molecule has 5 heteroatoms. The SMILES string of the molecule is C/C(=C\[C@@H](C)N)CP(=O)(O)O. The Balaban J connectivity index is 4.08. The average Bonchev–Trinajstić information content (AvgIpc) is 1.53. The van der Waals surface area contributed by atoms with Gasteiger partial charge < -0.3 is 15.5 Å². The van der Waals surface area contributed by atoms with E-state index in [9.17, 15) is 4.57 Å². The normalized spacial score (nSPS) is 16.6. The molecule has 0 aromatic rings. The standard InChI is InChI=1S/C6H14NO3P/c1-5(3-6(2)7)4-11(8,9)10/h3,6H,4,7H2,1-2H3,(H2,8,9,10)/b5-3+/t6-/m1/s1. The first kappa shape index (κ1) is 10.8. The van der Waals surface area contributed by atoms with Gasteiger partial charge in [-0.2, -0.15) is 0 Å². The van der Waals surface area contributed by atoms with Crippen LogP contribution in [0.4, 0.5) is 0 Å². The van der Waals surface area contributed by atoms with Crippen molar-refractivity contribution in [3.05, 3.63) is 11.6 Å². The van der Waals surface area contributed by atoms with Crippen molar-refractivity contribution < 1.29 is 14.4 Å². The zero-order chi connectivity index (χ0) is 9.07. The molecular formula is C6H14NO3P. The molecule has 11 heavy (non-hydrogen) atoms. The van der Waals surface area contributed by atoms with Gasteiger partial charge in [-0.1, -0.05) is 11.6 Å². The summed E-state index contributed by atoms with van der Waals surface area (Å²) >= 11 is 0. The lowest BCUT2D eigenvalue weighted by atomic mass is 10.2. The van der Waals surface area contributed by atoms with Crippen LogP contribution in [0.5, 0.6) is 0 Å². The first-order chi connectivity index (χ1) is 4.81. The van der Waals surface area contributed by atoms with Crippen molar-refractivity contribution in [3.63, 3.8) is 0 Å². The molecule has 0 heterocycles. The highest BCUT2D eigenvalue weighted by atomic mass is 31.2. The van der Waals surface area contributed by atoms with Gasteiger partial charge in [0.05, 0.1) is 6.16 Å². The predicted octanol–water partition coefficient (Wildman–Crippen LogP) is 0.458. The monoisotopic (exact) mass is 179 g/mol. The Labute approximate surface area is 66.3 Å². The van der Waals surface area contributed by atoms with Crippen molar-refractivity contribution in [3.8, 4) is 0 Å². The van der Waals surface area contributed by atoms with Gasteiger partial charge in [0, 0.05) is 6.04 Å². The molecule has 0 spiro atoms. The number of rotatable bonds is 3. The van der Waals surface area contributed by atoms with E-state index in [1.54, 1.807) is 19.9 Å². The van der Waals surface area contributed by atoms with Gasteiger partial charge in [-0.15, -0.1) is 0 Å². The minimum atomic E-state index is -3.90. The zero-order valence-electron chi connectivity index (χ0n) is 6.69. The Hall–Kier alpha value is -0.150. The molecule has 0 aliphatic rings. The molecule has 0 bridgehead atoms. The third-order valence-electron chi connectivity index (χ3n) is 1.00. The zero-order valence-corrected chi connectivity index (χ0v) is 7.58.